The summed E-state index contributed by atoms with van der Waals surface area (Å²) in [6, 6.07) is 7.72. The maximum Gasteiger partial charge on any atom is 0.306 e. The van der Waals surface area contributed by atoms with Crippen molar-refractivity contribution < 1.29 is 18.8 Å². The first kappa shape index (κ1) is 21.8. The summed E-state index contributed by atoms with van der Waals surface area (Å²) in [5.74, 6) is 0.363. The molecule has 1 aromatic heterocycles. The third kappa shape index (κ3) is 6.30. The number of aromatic nitrogens is 2. The highest BCUT2D eigenvalue weighted by Gasteiger charge is 2.21. The van der Waals surface area contributed by atoms with Gasteiger partial charge in [-0.15, -0.1) is 0 Å². The molecular formula is C22H30N4O4. The van der Waals surface area contributed by atoms with E-state index >= 15 is 0 Å². The van der Waals surface area contributed by atoms with Crippen LogP contribution >= 0.6 is 0 Å². The molecule has 1 saturated heterocycles. The molecule has 1 aliphatic heterocycles. The van der Waals surface area contributed by atoms with Crippen molar-refractivity contribution in [3.05, 3.63) is 36.0 Å². The third-order valence-corrected chi connectivity index (χ3v) is 4.90. The summed E-state index contributed by atoms with van der Waals surface area (Å²) < 4.78 is 10.3. The second-order valence-corrected chi connectivity index (χ2v) is 8.57. The number of hydrogen-bond donors (Lipinski definition) is 1. The molecule has 0 radical (unpaired) electrons. The van der Waals surface area contributed by atoms with Gasteiger partial charge >= 0.3 is 5.97 Å². The molecule has 2 heterocycles. The van der Waals surface area contributed by atoms with E-state index in [1.54, 1.807) is 0 Å². The molecule has 1 amide bonds. The molecule has 0 saturated carbocycles. The second-order valence-electron chi connectivity index (χ2n) is 8.57. The smallest absolute Gasteiger partial charge is 0.306 e. The number of esters is 1. The van der Waals surface area contributed by atoms with Gasteiger partial charge in [-0.3, -0.25) is 9.59 Å². The lowest BCUT2D eigenvalue weighted by Gasteiger charge is -2.17. The standard InChI is InChI=1S/C22H30N4O4/c1-22(2,3)21-24-19(30-25-21)7-6-8-20(28)29-15-18(27)23-16-9-11-17(12-10-16)26-13-4-5-14-26/h9-12H,4-8,13-15H2,1-3H3,(H,23,27). The van der Waals surface area contributed by atoms with E-state index in [9.17, 15) is 9.59 Å². The molecule has 162 valence electrons. The zero-order chi connectivity index (χ0) is 21.6. The topological polar surface area (TPSA) is 97.6 Å². The fourth-order valence-corrected chi connectivity index (χ4v) is 3.19. The molecular weight excluding hydrogens is 384 g/mol. The van der Waals surface area contributed by atoms with E-state index in [2.05, 4.69) is 20.4 Å². The summed E-state index contributed by atoms with van der Waals surface area (Å²) in [4.78, 5) is 30.5. The van der Waals surface area contributed by atoms with Crippen molar-refractivity contribution >= 4 is 23.3 Å². The number of ether oxygens (including phenoxy) is 1. The average molecular weight is 415 g/mol. The maximum atomic E-state index is 12.0. The van der Waals surface area contributed by atoms with Crippen molar-refractivity contribution in [2.24, 2.45) is 0 Å². The van der Waals surface area contributed by atoms with Gasteiger partial charge in [0, 0.05) is 42.7 Å². The highest BCUT2D eigenvalue weighted by Crippen LogP contribution is 2.22. The van der Waals surface area contributed by atoms with Gasteiger partial charge in [0.15, 0.2) is 12.4 Å². The Labute approximate surface area is 177 Å². The van der Waals surface area contributed by atoms with Crippen LogP contribution in [0.3, 0.4) is 0 Å². The number of carbonyl (C=O) groups excluding carboxylic acids is 2. The number of carbonyl (C=O) groups is 2. The van der Waals surface area contributed by atoms with E-state index in [4.69, 9.17) is 9.26 Å². The van der Waals surface area contributed by atoms with E-state index < -0.39 is 5.97 Å². The number of amides is 1. The van der Waals surface area contributed by atoms with Gasteiger partial charge in [0.05, 0.1) is 0 Å². The molecule has 1 aliphatic rings. The molecule has 2 aromatic rings. The van der Waals surface area contributed by atoms with Gasteiger partial charge < -0.3 is 19.5 Å². The molecule has 0 unspecified atom stereocenters. The summed E-state index contributed by atoms with van der Waals surface area (Å²) in [7, 11) is 0. The average Bonchev–Trinajstić information content (AvgIpc) is 3.39. The quantitative estimate of drug-likeness (QED) is 0.661. The minimum absolute atomic E-state index is 0.178. The van der Waals surface area contributed by atoms with Crippen LogP contribution in [0.2, 0.25) is 0 Å². The van der Waals surface area contributed by atoms with Crippen molar-refractivity contribution in [3.8, 4) is 0 Å². The van der Waals surface area contributed by atoms with Crippen molar-refractivity contribution in [2.45, 2.75) is 58.3 Å². The summed E-state index contributed by atoms with van der Waals surface area (Å²) in [5, 5.41) is 6.70. The van der Waals surface area contributed by atoms with Crippen molar-refractivity contribution in [1.29, 1.82) is 0 Å². The van der Waals surface area contributed by atoms with Crippen LogP contribution in [0.4, 0.5) is 11.4 Å². The van der Waals surface area contributed by atoms with Gasteiger partial charge in [0.1, 0.15) is 0 Å². The fraction of sp³-hybridized carbons (Fsp3) is 0.545. The van der Waals surface area contributed by atoms with Crippen LogP contribution in [-0.4, -0.2) is 41.7 Å². The number of hydrogen-bond acceptors (Lipinski definition) is 7. The summed E-state index contributed by atoms with van der Waals surface area (Å²) >= 11 is 0. The van der Waals surface area contributed by atoms with Crippen LogP contribution in [0.5, 0.6) is 0 Å². The van der Waals surface area contributed by atoms with Crippen LogP contribution in [0.25, 0.3) is 0 Å². The Bertz CT molecular complexity index is 849. The van der Waals surface area contributed by atoms with Gasteiger partial charge in [-0.1, -0.05) is 25.9 Å². The van der Waals surface area contributed by atoms with Crippen LogP contribution < -0.4 is 10.2 Å². The van der Waals surface area contributed by atoms with E-state index in [0.29, 0.717) is 30.2 Å². The largest absolute Gasteiger partial charge is 0.456 e. The maximum absolute atomic E-state index is 12.0. The Morgan fingerprint density at radius 2 is 1.87 bits per heavy atom. The zero-order valence-electron chi connectivity index (χ0n) is 17.9. The summed E-state index contributed by atoms with van der Waals surface area (Å²) in [6.45, 7) is 7.86. The number of anilines is 2. The molecule has 8 nitrogen and oxygen atoms in total. The molecule has 30 heavy (non-hydrogen) atoms. The molecule has 1 aromatic carbocycles. The van der Waals surface area contributed by atoms with Crippen LogP contribution in [0, 0.1) is 0 Å². The molecule has 1 fully saturated rings. The minimum Gasteiger partial charge on any atom is -0.456 e. The Morgan fingerprint density at radius 1 is 1.17 bits per heavy atom. The van der Waals surface area contributed by atoms with Crippen LogP contribution in [0.15, 0.2) is 28.8 Å². The molecule has 3 rings (SSSR count). The lowest BCUT2D eigenvalue weighted by atomic mass is 9.96. The molecule has 0 spiro atoms. The first-order valence-corrected chi connectivity index (χ1v) is 10.4. The monoisotopic (exact) mass is 414 g/mol. The second kappa shape index (κ2) is 9.73. The van der Waals surface area contributed by atoms with Gasteiger partial charge in [0.25, 0.3) is 5.91 Å². The first-order valence-electron chi connectivity index (χ1n) is 10.4. The van der Waals surface area contributed by atoms with Gasteiger partial charge in [-0.2, -0.15) is 4.98 Å². The van der Waals surface area contributed by atoms with E-state index in [0.717, 1.165) is 18.8 Å². The normalized spacial score (nSPS) is 14.0. The van der Waals surface area contributed by atoms with Crippen LogP contribution in [-0.2, 0) is 26.2 Å². The van der Waals surface area contributed by atoms with Gasteiger partial charge in [-0.05, 0) is 43.5 Å². The molecule has 0 atom stereocenters. The highest BCUT2D eigenvalue weighted by atomic mass is 16.5. The Hall–Kier alpha value is -2.90. The first-order chi connectivity index (χ1) is 14.3. The summed E-state index contributed by atoms with van der Waals surface area (Å²) in [6.07, 6.45) is 3.64. The van der Waals surface area contributed by atoms with Crippen LogP contribution in [0.1, 0.15) is 58.2 Å². The lowest BCUT2D eigenvalue weighted by Crippen LogP contribution is -2.21. The van der Waals surface area contributed by atoms with Gasteiger partial charge in [0.2, 0.25) is 5.89 Å². The molecule has 8 heteroatoms. The van der Waals surface area contributed by atoms with Crippen molar-refractivity contribution in [1.82, 2.24) is 10.1 Å². The van der Waals surface area contributed by atoms with E-state index in [-0.39, 0.29) is 24.3 Å². The van der Waals surface area contributed by atoms with E-state index in [1.165, 1.54) is 12.8 Å². The number of rotatable bonds is 8. The number of aryl methyl sites for hydroxylation is 1. The molecule has 0 bridgehead atoms. The van der Waals surface area contributed by atoms with E-state index in [1.807, 2.05) is 45.0 Å². The predicted molar refractivity (Wildman–Crippen MR) is 113 cm³/mol. The fourth-order valence-electron chi connectivity index (χ4n) is 3.19. The predicted octanol–water partition coefficient (Wildman–Crippen LogP) is 3.47. The summed E-state index contributed by atoms with van der Waals surface area (Å²) in [5.41, 5.74) is 1.67. The molecule has 0 aliphatic carbocycles. The SMILES string of the molecule is CC(C)(C)c1noc(CCCC(=O)OCC(=O)Nc2ccc(N3CCCC3)cc2)n1. The Morgan fingerprint density at radius 3 is 2.50 bits per heavy atom. The van der Waals surface area contributed by atoms with Crippen molar-refractivity contribution in [3.63, 3.8) is 0 Å². The Balaban J connectivity index is 1.34. The lowest BCUT2D eigenvalue weighted by molar-refractivity contribution is -0.147. The third-order valence-electron chi connectivity index (χ3n) is 4.90. The minimum atomic E-state index is -0.426. The van der Waals surface area contributed by atoms with Crippen molar-refractivity contribution in [2.75, 3.05) is 29.9 Å². The zero-order valence-corrected chi connectivity index (χ0v) is 17.9. The number of benzene rings is 1. The Kier molecular flexibility index (Phi) is 7.07. The number of nitrogens with one attached hydrogen (secondary N) is 1. The van der Waals surface area contributed by atoms with Gasteiger partial charge in [-0.25, -0.2) is 0 Å². The highest BCUT2D eigenvalue weighted by molar-refractivity contribution is 5.92. The number of nitrogens with zero attached hydrogens (tertiary/aromatic N) is 3. The molecule has 1 N–H and O–H groups in total.